The zero-order valence-electron chi connectivity index (χ0n) is 9.51. The summed E-state index contributed by atoms with van der Waals surface area (Å²) in [6, 6.07) is 19.8. The summed E-state index contributed by atoms with van der Waals surface area (Å²) in [5, 5.41) is 8.81. The lowest BCUT2D eigenvalue weighted by Gasteiger charge is -2.15. The molecule has 2 aromatic carbocycles. The Morgan fingerprint density at radius 2 is 1.65 bits per heavy atom. The van der Waals surface area contributed by atoms with Crippen LogP contribution in [0.4, 0.5) is 0 Å². The molecule has 0 aliphatic heterocycles. The van der Waals surface area contributed by atoms with Gasteiger partial charge in [-0.25, -0.2) is 0 Å². The van der Waals surface area contributed by atoms with Crippen LogP contribution in [0.15, 0.2) is 54.6 Å². The molecule has 2 heteroatoms. The summed E-state index contributed by atoms with van der Waals surface area (Å²) >= 11 is 0. The average molecular weight is 222 g/mol. The van der Waals surface area contributed by atoms with Gasteiger partial charge in [0.15, 0.2) is 0 Å². The summed E-state index contributed by atoms with van der Waals surface area (Å²) in [5.74, 6) is 0. The van der Waals surface area contributed by atoms with Crippen molar-refractivity contribution in [3.63, 3.8) is 0 Å². The van der Waals surface area contributed by atoms with Crippen molar-refractivity contribution >= 4 is 0 Å². The first-order valence-corrected chi connectivity index (χ1v) is 5.58. The second-order valence-electron chi connectivity index (χ2n) is 3.92. The molecule has 0 fully saturated rings. The molecule has 2 N–H and O–H groups in total. The molecule has 84 valence electrons. The number of rotatable bonds is 3. The molecule has 0 bridgehead atoms. The summed E-state index contributed by atoms with van der Waals surface area (Å²) in [4.78, 5) is 0. The van der Waals surface area contributed by atoms with Gasteiger partial charge in [-0.15, -0.1) is 0 Å². The van der Waals surface area contributed by atoms with Gasteiger partial charge < -0.3 is 5.73 Å². The highest BCUT2D eigenvalue weighted by Gasteiger charge is 2.11. The lowest BCUT2D eigenvalue weighted by molar-refractivity contribution is 0.856. The number of nitrogens with two attached hydrogens (primary N) is 1. The molecule has 0 aliphatic rings. The first kappa shape index (κ1) is 11.4. The van der Waals surface area contributed by atoms with Crippen molar-refractivity contribution in [2.75, 3.05) is 0 Å². The SMILES string of the molecule is N#CCc1ccccc1C(N)c1ccccc1. The smallest absolute Gasteiger partial charge is 0.0669 e. The molecule has 1 atom stereocenters. The van der Waals surface area contributed by atoms with Crippen LogP contribution in [0.2, 0.25) is 0 Å². The quantitative estimate of drug-likeness (QED) is 0.868. The van der Waals surface area contributed by atoms with Crippen LogP contribution in [0.25, 0.3) is 0 Å². The molecule has 0 saturated heterocycles. The van der Waals surface area contributed by atoms with Gasteiger partial charge in [0, 0.05) is 0 Å². The normalized spacial score (nSPS) is 11.8. The Balaban J connectivity index is 2.38. The van der Waals surface area contributed by atoms with Crippen LogP contribution in [-0.2, 0) is 6.42 Å². The molecule has 0 aliphatic carbocycles. The van der Waals surface area contributed by atoms with E-state index < -0.39 is 0 Å². The van der Waals surface area contributed by atoms with Gasteiger partial charge in [-0.05, 0) is 16.7 Å². The van der Waals surface area contributed by atoms with E-state index in [1.54, 1.807) is 0 Å². The minimum absolute atomic E-state index is 0.166. The molecule has 2 rings (SSSR count). The highest BCUT2D eigenvalue weighted by Crippen LogP contribution is 2.22. The van der Waals surface area contributed by atoms with E-state index in [4.69, 9.17) is 11.0 Å². The molecule has 17 heavy (non-hydrogen) atoms. The van der Waals surface area contributed by atoms with E-state index in [1.807, 2.05) is 54.6 Å². The third kappa shape index (κ3) is 2.52. The predicted molar refractivity (Wildman–Crippen MR) is 68.2 cm³/mol. The Morgan fingerprint density at radius 1 is 1.00 bits per heavy atom. The molecule has 2 aromatic rings. The maximum atomic E-state index is 8.81. The van der Waals surface area contributed by atoms with Crippen molar-refractivity contribution in [3.8, 4) is 6.07 Å². The fraction of sp³-hybridized carbons (Fsp3) is 0.133. The van der Waals surface area contributed by atoms with E-state index in [1.165, 1.54) is 0 Å². The summed E-state index contributed by atoms with van der Waals surface area (Å²) in [6.07, 6.45) is 0.400. The van der Waals surface area contributed by atoms with E-state index >= 15 is 0 Å². The van der Waals surface area contributed by atoms with Crippen LogP contribution < -0.4 is 5.73 Å². The van der Waals surface area contributed by atoms with E-state index in [-0.39, 0.29) is 6.04 Å². The van der Waals surface area contributed by atoms with Gasteiger partial charge in [-0.3, -0.25) is 0 Å². The Morgan fingerprint density at radius 3 is 2.35 bits per heavy atom. The molecular weight excluding hydrogens is 208 g/mol. The van der Waals surface area contributed by atoms with Gasteiger partial charge in [0.05, 0.1) is 18.5 Å². The highest BCUT2D eigenvalue weighted by atomic mass is 14.6. The summed E-state index contributed by atoms with van der Waals surface area (Å²) in [7, 11) is 0. The van der Waals surface area contributed by atoms with Gasteiger partial charge in [0.2, 0.25) is 0 Å². The second kappa shape index (κ2) is 5.29. The average Bonchev–Trinajstić information content (AvgIpc) is 2.40. The van der Waals surface area contributed by atoms with Gasteiger partial charge in [-0.1, -0.05) is 54.6 Å². The monoisotopic (exact) mass is 222 g/mol. The lowest BCUT2D eigenvalue weighted by Crippen LogP contribution is -2.13. The molecule has 0 spiro atoms. The third-order valence-electron chi connectivity index (χ3n) is 2.82. The van der Waals surface area contributed by atoms with E-state index in [0.29, 0.717) is 6.42 Å². The Hall–Kier alpha value is -2.11. The molecule has 0 radical (unpaired) electrons. The fourth-order valence-electron chi connectivity index (χ4n) is 1.92. The summed E-state index contributed by atoms with van der Waals surface area (Å²) < 4.78 is 0. The lowest BCUT2D eigenvalue weighted by atomic mass is 9.94. The number of hydrogen-bond acceptors (Lipinski definition) is 2. The summed E-state index contributed by atoms with van der Waals surface area (Å²) in [6.45, 7) is 0. The summed E-state index contributed by atoms with van der Waals surface area (Å²) in [5.41, 5.74) is 9.34. The third-order valence-corrected chi connectivity index (χ3v) is 2.82. The van der Waals surface area contributed by atoms with Crippen LogP contribution >= 0.6 is 0 Å². The van der Waals surface area contributed by atoms with Gasteiger partial charge in [0.1, 0.15) is 0 Å². The first-order chi connectivity index (χ1) is 8.33. The Bertz CT molecular complexity index is 526. The Labute approximate surface area is 101 Å². The molecule has 0 heterocycles. The van der Waals surface area contributed by atoms with Crippen molar-refractivity contribution in [1.29, 1.82) is 5.26 Å². The largest absolute Gasteiger partial charge is 0.320 e. The number of nitriles is 1. The first-order valence-electron chi connectivity index (χ1n) is 5.58. The maximum absolute atomic E-state index is 8.81. The van der Waals surface area contributed by atoms with Crippen LogP contribution in [0.1, 0.15) is 22.7 Å². The van der Waals surface area contributed by atoms with Crippen LogP contribution in [-0.4, -0.2) is 0 Å². The molecule has 0 aromatic heterocycles. The van der Waals surface area contributed by atoms with Gasteiger partial charge in [0.25, 0.3) is 0 Å². The predicted octanol–water partition coefficient (Wildman–Crippen LogP) is 2.80. The zero-order valence-corrected chi connectivity index (χ0v) is 9.51. The maximum Gasteiger partial charge on any atom is 0.0669 e. The van der Waals surface area contributed by atoms with Gasteiger partial charge >= 0.3 is 0 Å². The fourth-order valence-corrected chi connectivity index (χ4v) is 1.92. The van der Waals surface area contributed by atoms with Crippen molar-refractivity contribution in [2.24, 2.45) is 5.73 Å². The van der Waals surface area contributed by atoms with E-state index in [9.17, 15) is 0 Å². The molecular formula is C15H14N2. The minimum atomic E-state index is -0.166. The topological polar surface area (TPSA) is 49.8 Å². The molecule has 2 nitrogen and oxygen atoms in total. The van der Waals surface area contributed by atoms with Crippen LogP contribution in [0, 0.1) is 11.3 Å². The van der Waals surface area contributed by atoms with Crippen molar-refractivity contribution in [3.05, 3.63) is 71.3 Å². The molecule has 0 saturated carbocycles. The number of benzene rings is 2. The molecule has 1 unspecified atom stereocenters. The van der Waals surface area contributed by atoms with Crippen molar-refractivity contribution < 1.29 is 0 Å². The van der Waals surface area contributed by atoms with Gasteiger partial charge in [-0.2, -0.15) is 5.26 Å². The minimum Gasteiger partial charge on any atom is -0.320 e. The van der Waals surface area contributed by atoms with E-state index in [2.05, 4.69) is 6.07 Å². The van der Waals surface area contributed by atoms with E-state index in [0.717, 1.165) is 16.7 Å². The van der Waals surface area contributed by atoms with Crippen molar-refractivity contribution in [2.45, 2.75) is 12.5 Å². The highest BCUT2D eigenvalue weighted by molar-refractivity contribution is 5.38. The molecule has 0 amide bonds. The number of nitrogens with zero attached hydrogens (tertiary/aromatic N) is 1. The Kier molecular flexibility index (Phi) is 3.54. The van der Waals surface area contributed by atoms with Crippen LogP contribution in [0.5, 0.6) is 0 Å². The standard InChI is InChI=1S/C15H14N2/c16-11-10-12-6-4-5-9-14(12)15(17)13-7-2-1-3-8-13/h1-9,15H,10,17H2. The van der Waals surface area contributed by atoms with Crippen molar-refractivity contribution in [1.82, 2.24) is 0 Å². The number of hydrogen-bond donors (Lipinski definition) is 1. The second-order valence-corrected chi connectivity index (χ2v) is 3.92. The van der Waals surface area contributed by atoms with Crippen LogP contribution in [0.3, 0.4) is 0 Å². The zero-order chi connectivity index (χ0) is 12.1.